The van der Waals surface area contributed by atoms with Crippen LogP contribution in [0.4, 0.5) is 0 Å². The first-order chi connectivity index (χ1) is 19.1. The standard InChI is InChI=1S/C31H37N7O/c1-21(39)36-14-11-30-28(20-36)31(35-38(30)25-5-3-6-25)26-7-2-4-23-16-29(33-18-27(23)26)24-17-34-37(19-24)15-10-22-8-12-32-13-9-22/h2,4,7,16-19,22,25,32H,3,5-6,8-15,20H2,1H3. The van der Waals surface area contributed by atoms with Gasteiger partial charge in [0.25, 0.3) is 0 Å². The molecule has 1 saturated carbocycles. The topological polar surface area (TPSA) is 80.9 Å². The molecule has 3 aromatic heterocycles. The molecule has 0 bridgehead atoms. The van der Waals surface area contributed by atoms with E-state index >= 15 is 0 Å². The number of carbonyl (C=O) groups is 1. The number of aryl methyl sites for hydroxylation is 1. The molecule has 8 heteroatoms. The molecule has 0 spiro atoms. The van der Waals surface area contributed by atoms with Crippen LogP contribution in [0.3, 0.4) is 0 Å². The van der Waals surface area contributed by atoms with E-state index in [0.717, 1.165) is 71.8 Å². The van der Waals surface area contributed by atoms with Gasteiger partial charge in [0.15, 0.2) is 0 Å². The van der Waals surface area contributed by atoms with E-state index in [4.69, 9.17) is 10.1 Å². The second-order valence-electron chi connectivity index (χ2n) is 11.6. The normalized spacial score (nSPS) is 18.3. The van der Waals surface area contributed by atoms with Crippen molar-refractivity contribution in [3.8, 4) is 22.5 Å². The zero-order valence-corrected chi connectivity index (χ0v) is 22.8. The van der Waals surface area contributed by atoms with Crippen molar-refractivity contribution in [2.24, 2.45) is 5.92 Å². The molecule has 1 amide bonds. The summed E-state index contributed by atoms with van der Waals surface area (Å²) in [7, 11) is 0. The Kier molecular flexibility index (Phi) is 6.43. The highest BCUT2D eigenvalue weighted by Gasteiger charge is 2.31. The number of nitrogens with zero attached hydrogens (tertiary/aromatic N) is 6. The van der Waals surface area contributed by atoms with Crippen molar-refractivity contribution in [3.05, 3.63) is 54.1 Å². The van der Waals surface area contributed by atoms with Crippen molar-refractivity contribution in [1.29, 1.82) is 0 Å². The van der Waals surface area contributed by atoms with Gasteiger partial charge >= 0.3 is 0 Å². The third-order valence-electron chi connectivity index (χ3n) is 9.13. The van der Waals surface area contributed by atoms with Gasteiger partial charge in [0.2, 0.25) is 5.91 Å². The van der Waals surface area contributed by atoms with Crippen molar-refractivity contribution in [1.82, 2.24) is 34.8 Å². The SMILES string of the molecule is CC(=O)N1CCc2c(c(-c3cccc4cc(-c5cnn(CCC6CCNCC6)c5)ncc34)nn2C2CCC2)C1. The van der Waals surface area contributed by atoms with E-state index in [1.807, 2.05) is 17.3 Å². The van der Waals surface area contributed by atoms with Crippen LogP contribution in [0.2, 0.25) is 0 Å². The van der Waals surface area contributed by atoms with Gasteiger partial charge in [-0.2, -0.15) is 10.2 Å². The van der Waals surface area contributed by atoms with Gasteiger partial charge in [0.05, 0.1) is 23.6 Å². The molecule has 8 nitrogen and oxygen atoms in total. The Labute approximate surface area is 229 Å². The maximum atomic E-state index is 12.3. The van der Waals surface area contributed by atoms with Crippen molar-refractivity contribution in [3.63, 3.8) is 0 Å². The minimum Gasteiger partial charge on any atom is -0.338 e. The first-order valence-electron chi connectivity index (χ1n) is 14.6. The summed E-state index contributed by atoms with van der Waals surface area (Å²) in [5.41, 5.74) is 6.62. The molecule has 1 saturated heterocycles. The minimum atomic E-state index is 0.128. The number of rotatable bonds is 6. The molecular weight excluding hydrogens is 486 g/mol. The first-order valence-corrected chi connectivity index (χ1v) is 14.6. The predicted molar refractivity (Wildman–Crippen MR) is 152 cm³/mol. The highest BCUT2D eigenvalue weighted by Crippen LogP contribution is 2.40. The summed E-state index contributed by atoms with van der Waals surface area (Å²) in [5.74, 6) is 0.917. The second-order valence-corrected chi connectivity index (χ2v) is 11.6. The molecule has 2 aliphatic heterocycles. The summed E-state index contributed by atoms with van der Waals surface area (Å²) in [4.78, 5) is 19.1. The maximum absolute atomic E-state index is 12.3. The largest absolute Gasteiger partial charge is 0.338 e. The summed E-state index contributed by atoms with van der Waals surface area (Å²) < 4.78 is 4.35. The quantitative estimate of drug-likeness (QED) is 0.386. The van der Waals surface area contributed by atoms with Gasteiger partial charge in [-0.25, -0.2) is 0 Å². The molecule has 202 valence electrons. The van der Waals surface area contributed by atoms with Crippen LogP contribution >= 0.6 is 0 Å². The molecule has 4 aromatic rings. The molecule has 0 radical (unpaired) electrons. The molecule has 0 atom stereocenters. The van der Waals surface area contributed by atoms with Gasteiger partial charge in [-0.05, 0) is 69.0 Å². The van der Waals surface area contributed by atoms with Crippen molar-refractivity contribution < 1.29 is 4.79 Å². The van der Waals surface area contributed by atoms with Crippen molar-refractivity contribution in [2.75, 3.05) is 19.6 Å². The maximum Gasteiger partial charge on any atom is 0.219 e. The summed E-state index contributed by atoms with van der Waals surface area (Å²) in [6.07, 6.45) is 14.3. The van der Waals surface area contributed by atoms with Crippen LogP contribution in [-0.4, -0.2) is 55.0 Å². The molecule has 2 fully saturated rings. The number of hydrogen-bond donors (Lipinski definition) is 1. The molecule has 1 aliphatic carbocycles. The number of benzene rings is 1. The van der Waals surface area contributed by atoms with E-state index in [2.05, 4.69) is 50.2 Å². The van der Waals surface area contributed by atoms with Crippen LogP contribution in [0.1, 0.15) is 62.7 Å². The minimum absolute atomic E-state index is 0.128. The Morgan fingerprint density at radius 2 is 2.00 bits per heavy atom. The molecule has 3 aliphatic rings. The molecule has 1 N–H and O–H groups in total. The van der Waals surface area contributed by atoms with Gasteiger partial charge in [-0.15, -0.1) is 0 Å². The number of nitrogens with one attached hydrogen (secondary N) is 1. The molecule has 7 rings (SSSR count). The lowest BCUT2D eigenvalue weighted by Gasteiger charge is -2.31. The fourth-order valence-corrected chi connectivity index (χ4v) is 6.50. The van der Waals surface area contributed by atoms with Crippen molar-refractivity contribution in [2.45, 2.75) is 71.0 Å². The van der Waals surface area contributed by atoms with Crippen LogP contribution in [-0.2, 0) is 24.3 Å². The summed E-state index contributed by atoms with van der Waals surface area (Å²) in [6.45, 7) is 6.29. The predicted octanol–water partition coefficient (Wildman–Crippen LogP) is 4.98. The number of piperidine rings is 1. The monoisotopic (exact) mass is 523 g/mol. The van der Waals surface area contributed by atoms with Crippen LogP contribution in [0.5, 0.6) is 0 Å². The van der Waals surface area contributed by atoms with Crippen LogP contribution in [0.15, 0.2) is 42.9 Å². The van der Waals surface area contributed by atoms with E-state index in [1.54, 1.807) is 6.92 Å². The van der Waals surface area contributed by atoms with Crippen LogP contribution in [0.25, 0.3) is 33.3 Å². The van der Waals surface area contributed by atoms with E-state index in [1.165, 1.54) is 49.8 Å². The van der Waals surface area contributed by atoms with Crippen LogP contribution in [0, 0.1) is 5.92 Å². The fourth-order valence-electron chi connectivity index (χ4n) is 6.50. The lowest BCUT2D eigenvalue weighted by molar-refractivity contribution is -0.129. The summed E-state index contributed by atoms with van der Waals surface area (Å²) >= 11 is 0. The average molecular weight is 524 g/mol. The number of hydrogen-bond acceptors (Lipinski definition) is 5. The van der Waals surface area contributed by atoms with Crippen molar-refractivity contribution >= 4 is 16.7 Å². The number of fused-ring (bicyclic) bond motifs is 2. The van der Waals surface area contributed by atoms with Gasteiger partial charge in [0, 0.05) is 73.1 Å². The van der Waals surface area contributed by atoms with E-state index in [-0.39, 0.29) is 5.91 Å². The Bertz CT molecular complexity index is 1510. The lowest BCUT2D eigenvalue weighted by atomic mass is 9.92. The van der Waals surface area contributed by atoms with Gasteiger partial charge in [0.1, 0.15) is 0 Å². The lowest BCUT2D eigenvalue weighted by Crippen LogP contribution is -2.35. The Balaban J connectivity index is 1.19. The number of amides is 1. The Hall–Kier alpha value is -3.52. The summed E-state index contributed by atoms with van der Waals surface area (Å²) in [5, 5.41) is 15.5. The van der Waals surface area contributed by atoms with E-state index in [9.17, 15) is 4.79 Å². The number of aromatic nitrogens is 5. The van der Waals surface area contributed by atoms with E-state index < -0.39 is 0 Å². The Morgan fingerprint density at radius 3 is 2.79 bits per heavy atom. The van der Waals surface area contributed by atoms with Gasteiger partial charge < -0.3 is 10.2 Å². The first kappa shape index (κ1) is 24.5. The highest BCUT2D eigenvalue weighted by atomic mass is 16.2. The van der Waals surface area contributed by atoms with Crippen LogP contribution < -0.4 is 5.32 Å². The van der Waals surface area contributed by atoms with Gasteiger partial charge in [-0.3, -0.25) is 19.1 Å². The zero-order chi connectivity index (χ0) is 26.3. The molecule has 5 heterocycles. The second kappa shape index (κ2) is 10.2. The summed E-state index contributed by atoms with van der Waals surface area (Å²) in [6, 6.07) is 9.09. The molecular formula is C31H37N7O. The van der Waals surface area contributed by atoms with Gasteiger partial charge in [-0.1, -0.05) is 18.2 Å². The third-order valence-corrected chi connectivity index (χ3v) is 9.13. The number of carbonyl (C=O) groups excluding carboxylic acids is 1. The average Bonchev–Trinajstić information content (AvgIpc) is 3.56. The smallest absolute Gasteiger partial charge is 0.219 e. The Morgan fingerprint density at radius 1 is 1.13 bits per heavy atom. The molecule has 39 heavy (non-hydrogen) atoms. The third kappa shape index (κ3) is 4.65. The highest BCUT2D eigenvalue weighted by molar-refractivity contribution is 5.97. The number of pyridine rings is 1. The molecule has 1 aromatic carbocycles. The zero-order valence-electron chi connectivity index (χ0n) is 22.8. The molecule has 0 unspecified atom stereocenters. The van der Waals surface area contributed by atoms with E-state index in [0.29, 0.717) is 12.6 Å². The fraction of sp³-hybridized carbons (Fsp3) is 0.484.